The highest BCUT2D eigenvalue weighted by Crippen LogP contribution is 2.23. The van der Waals surface area contributed by atoms with Gasteiger partial charge < -0.3 is 0 Å². The molecule has 0 amide bonds. The van der Waals surface area contributed by atoms with E-state index in [1.807, 2.05) is 0 Å². The Morgan fingerprint density at radius 2 is 1.90 bits per heavy atom. The number of benzene rings is 2. The van der Waals surface area contributed by atoms with Crippen molar-refractivity contribution in [3.63, 3.8) is 0 Å². The van der Waals surface area contributed by atoms with Crippen LogP contribution in [0.4, 0.5) is 5.69 Å². The summed E-state index contributed by atoms with van der Waals surface area (Å²) in [5.41, 5.74) is 1.05. The molecule has 0 saturated heterocycles. The smallest absolute Gasteiger partial charge is 0.264 e. The van der Waals surface area contributed by atoms with Crippen molar-refractivity contribution in [1.29, 1.82) is 0 Å². The van der Waals surface area contributed by atoms with Crippen LogP contribution in [0.5, 0.6) is 0 Å². The quantitative estimate of drug-likeness (QED) is 0.782. The van der Waals surface area contributed by atoms with Crippen LogP contribution in [-0.2, 0) is 10.0 Å². The number of rotatable bonds is 3. The van der Waals surface area contributed by atoms with Crippen LogP contribution in [0.3, 0.4) is 0 Å². The Hall–Kier alpha value is -1.93. The molecule has 20 heavy (non-hydrogen) atoms. The first kappa shape index (κ1) is 13.1. The number of nitrogens with zero attached hydrogens (tertiary/aromatic N) is 2. The van der Waals surface area contributed by atoms with Crippen LogP contribution in [0.1, 0.15) is 0 Å². The minimum atomic E-state index is -3.76. The third-order valence-electron chi connectivity index (χ3n) is 2.62. The number of fused-ring (bicyclic) bond motifs is 1. The van der Waals surface area contributed by atoms with Gasteiger partial charge in [-0.15, -0.1) is 0 Å². The molecule has 0 atom stereocenters. The average molecular weight is 354 g/mol. The lowest BCUT2D eigenvalue weighted by Crippen LogP contribution is -2.13. The van der Waals surface area contributed by atoms with E-state index in [0.717, 1.165) is 4.47 Å². The van der Waals surface area contributed by atoms with Crippen LogP contribution >= 0.6 is 15.9 Å². The van der Waals surface area contributed by atoms with Crippen LogP contribution in [-0.4, -0.2) is 18.7 Å². The Labute approximate surface area is 122 Å². The largest absolute Gasteiger partial charge is 0.280 e. The molecule has 0 aliphatic rings. The zero-order valence-electron chi connectivity index (χ0n) is 9.95. The second-order valence-corrected chi connectivity index (χ2v) is 6.57. The molecule has 3 aromatic rings. The maximum Gasteiger partial charge on any atom is 0.264 e. The molecule has 1 aromatic heterocycles. The second-order valence-electron chi connectivity index (χ2n) is 4.00. The number of halogens is 1. The molecule has 102 valence electrons. The molecule has 3 rings (SSSR count). The van der Waals surface area contributed by atoms with Crippen LogP contribution in [0.2, 0.25) is 0 Å². The lowest BCUT2D eigenvalue weighted by Gasteiger charge is -2.08. The van der Waals surface area contributed by atoms with Gasteiger partial charge in [0.2, 0.25) is 0 Å². The average Bonchev–Trinajstić information content (AvgIpc) is 2.85. The topological polar surface area (TPSA) is 85.1 Å². The molecular weight excluding hydrogens is 346 g/mol. The van der Waals surface area contributed by atoms with Crippen LogP contribution in [0.25, 0.3) is 11.0 Å². The fraction of sp³-hybridized carbons (Fsp3) is 0. The Morgan fingerprint density at radius 1 is 1.10 bits per heavy atom. The van der Waals surface area contributed by atoms with Crippen molar-refractivity contribution in [2.75, 3.05) is 4.72 Å². The Kier molecular flexibility index (Phi) is 3.19. The van der Waals surface area contributed by atoms with Crippen LogP contribution in [0.15, 0.2) is 56.5 Å². The van der Waals surface area contributed by atoms with E-state index in [1.165, 1.54) is 6.07 Å². The minimum absolute atomic E-state index is 0.0243. The zero-order valence-corrected chi connectivity index (χ0v) is 12.3. The van der Waals surface area contributed by atoms with Gasteiger partial charge in [0.25, 0.3) is 10.0 Å². The number of sulfonamides is 1. The molecule has 8 heteroatoms. The summed E-state index contributed by atoms with van der Waals surface area (Å²) < 4.78 is 32.6. The Bertz CT molecular complexity index is 876. The molecule has 0 fully saturated rings. The van der Waals surface area contributed by atoms with E-state index >= 15 is 0 Å². The predicted molar refractivity (Wildman–Crippen MR) is 76.8 cm³/mol. The first-order valence-corrected chi connectivity index (χ1v) is 7.83. The van der Waals surface area contributed by atoms with Crippen molar-refractivity contribution >= 4 is 42.7 Å². The summed E-state index contributed by atoms with van der Waals surface area (Å²) in [4.78, 5) is 0.0243. The fourth-order valence-corrected chi connectivity index (χ4v) is 3.36. The molecule has 0 aliphatic heterocycles. The molecule has 0 saturated carbocycles. The molecule has 0 spiro atoms. The van der Waals surface area contributed by atoms with E-state index in [1.54, 1.807) is 36.4 Å². The lowest BCUT2D eigenvalue weighted by molar-refractivity contribution is 0.315. The zero-order chi connectivity index (χ0) is 14.2. The molecule has 1 N–H and O–H groups in total. The summed E-state index contributed by atoms with van der Waals surface area (Å²) in [6, 6.07) is 11.5. The summed E-state index contributed by atoms with van der Waals surface area (Å²) in [6.07, 6.45) is 0. The van der Waals surface area contributed by atoms with Gasteiger partial charge in [0, 0.05) is 10.2 Å². The van der Waals surface area contributed by atoms with Crippen LogP contribution in [0, 0.1) is 0 Å². The van der Waals surface area contributed by atoms with Crippen molar-refractivity contribution in [1.82, 2.24) is 10.3 Å². The number of anilines is 1. The molecular formula is C12H8BrN3O3S. The van der Waals surface area contributed by atoms with Gasteiger partial charge in [-0.25, -0.2) is 13.0 Å². The molecule has 2 aromatic carbocycles. The highest BCUT2D eigenvalue weighted by atomic mass is 79.9. The maximum atomic E-state index is 12.4. The molecule has 6 nitrogen and oxygen atoms in total. The van der Waals surface area contributed by atoms with E-state index in [-0.39, 0.29) is 10.4 Å². The van der Waals surface area contributed by atoms with Gasteiger partial charge in [0.1, 0.15) is 10.4 Å². The van der Waals surface area contributed by atoms with Crippen LogP contribution < -0.4 is 4.72 Å². The van der Waals surface area contributed by atoms with Crippen molar-refractivity contribution < 1.29 is 13.0 Å². The number of aromatic nitrogens is 2. The van der Waals surface area contributed by atoms with E-state index in [4.69, 9.17) is 0 Å². The summed E-state index contributed by atoms with van der Waals surface area (Å²) in [6.45, 7) is 0. The van der Waals surface area contributed by atoms with E-state index < -0.39 is 10.0 Å². The van der Waals surface area contributed by atoms with E-state index in [2.05, 4.69) is 35.6 Å². The first-order valence-electron chi connectivity index (χ1n) is 5.56. The SMILES string of the molecule is O=S(=O)(Nc1cccc(Br)c1)c1cccc2nonc12. The van der Waals surface area contributed by atoms with E-state index in [9.17, 15) is 8.42 Å². The van der Waals surface area contributed by atoms with Crippen molar-refractivity contribution in [3.8, 4) is 0 Å². The first-order chi connectivity index (χ1) is 9.56. The molecule has 0 radical (unpaired) electrons. The summed E-state index contributed by atoms with van der Waals surface area (Å²) in [5, 5.41) is 7.26. The van der Waals surface area contributed by atoms with Crippen molar-refractivity contribution in [3.05, 3.63) is 46.9 Å². The van der Waals surface area contributed by atoms with Gasteiger partial charge >= 0.3 is 0 Å². The van der Waals surface area contributed by atoms with Crippen molar-refractivity contribution in [2.45, 2.75) is 4.90 Å². The second kappa shape index (κ2) is 4.88. The third kappa shape index (κ3) is 2.39. The maximum absolute atomic E-state index is 12.4. The summed E-state index contributed by atoms with van der Waals surface area (Å²) in [7, 11) is -3.76. The van der Waals surface area contributed by atoms with Gasteiger partial charge in [0.05, 0.1) is 0 Å². The fourth-order valence-electron chi connectivity index (χ4n) is 1.76. The highest BCUT2D eigenvalue weighted by molar-refractivity contribution is 9.10. The molecule has 1 heterocycles. The predicted octanol–water partition coefficient (Wildman–Crippen LogP) is 2.79. The van der Waals surface area contributed by atoms with Gasteiger partial charge in [0.15, 0.2) is 5.52 Å². The Balaban J connectivity index is 2.06. The van der Waals surface area contributed by atoms with Crippen molar-refractivity contribution in [2.24, 2.45) is 0 Å². The lowest BCUT2D eigenvalue weighted by atomic mass is 10.3. The Morgan fingerprint density at radius 3 is 2.70 bits per heavy atom. The van der Waals surface area contributed by atoms with Gasteiger partial charge in [-0.3, -0.25) is 4.72 Å². The highest BCUT2D eigenvalue weighted by Gasteiger charge is 2.20. The molecule has 0 aliphatic carbocycles. The van der Waals surface area contributed by atoms with Gasteiger partial charge in [-0.2, -0.15) is 0 Å². The number of nitrogens with one attached hydrogen (secondary N) is 1. The number of hydrogen-bond donors (Lipinski definition) is 1. The number of hydrogen-bond acceptors (Lipinski definition) is 5. The van der Waals surface area contributed by atoms with E-state index in [0.29, 0.717) is 11.2 Å². The monoisotopic (exact) mass is 353 g/mol. The minimum Gasteiger partial charge on any atom is -0.280 e. The summed E-state index contributed by atoms with van der Waals surface area (Å²) >= 11 is 3.29. The third-order valence-corrected chi connectivity index (χ3v) is 4.52. The standard InChI is InChI=1S/C12H8BrN3O3S/c13-8-3-1-4-9(7-8)16-20(17,18)11-6-2-5-10-12(11)15-19-14-10/h1-7,16H. The summed E-state index contributed by atoms with van der Waals surface area (Å²) in [5.74, 6) is 0. The normalized spacial score (nSPS) is 11.7. The molecule has 0 bridgehead atoms. The van der Waals surface area contributed by atoms with Gasteiger partial charge in [-0.1, -0.05) is 28.1 Å². The molecule has 0 unspecified atom stereocenters. The van der Waals surface area contributed by atoms with Gasteiger partial charge in [-0.05, 0) is 40.6 Å².